The van der Waals surface area contributed by atoms with Crippen molar-refractivity contribution >= 4 is 38.9 Å². The average molecular weight is 339 g/mol. The summed E-state index contributed by atoms with van der Waals surface area (Å²) in [6.07, 6.45) is 1.79. The molecule has 0 aliphatic carbocycles. The van der Waals surface area contributed by atoms with E-state index < -0.39 is 0 Å². The van der Waals surface area contributed by atoms with Crippen molar-refractivity contribution in [1.82, 2.24) is 14.7 Å². The van der Waals surface area contributed by atoms with Crippen LogP contribution in [0.2, 0.25) is 0 Å². The molecule has 4 nitrogen and oxygen atoms in total. The maximum absolute atomic E-state index is 5.39. The highest BCUT2D eigenvalue weighted by Gasteiger charge is 2.11. The summed E-state index contributed by atoms with van der Waals surface area (Å²) in [7, 11) is 3.87. The van der Waals surface area contributed by atoms with Crippen LogP contribution in [0.25, 0.3) is 0 Å². The normalized spacial score (nSPS) is 10.3. The molecule has 100 valence electrons. The van der Waals surface area contributed by atoms with E-state index in [1.807, 2.05) is 54.0 Å². The SMILES string of the molecule is CN(Cc1c(Br)cnn1C)C(=S)Nc1ccccc1. The van der Waals surface area contributed by atoms with Gasteiger partial charge in [-0.3, -0.25) is 4.68 Å². The second kappa shape index (κ2) is 6.16. The smallest absolute Gasteiger partial charge is 0.173 e. The van der Waals surface area contributed by atoms with E-state index in [9.17, 15) is 0 Å². The first-order chi connectivity index (χ1) is 9.08. The molecule has 1 aromatic heterocycles. The van der Waals surface area contributed by atoms with Gasteiger partial charge in [-0.15, -0.1) is 0 Å². The summed E-state index contributed by atoms with van der Waals surface area (Å²) in [6.45, 7) is 0.690. The molecule has 1 aromatic carbocycles. The molecule has 0 aliphatic heterocycles. The Labute approximate surface area is 126 Å². The Balaban J connectivity index is 2.00. The fourth-order valence-electron chi connectivity index (χ4n) is 1.65. The predicted octanol–water partition coefficient (Wildman–Crippen LogP) is 3.01. The van der Waals surface area contributed by atoms with Gasteiger partial charge in [0, 0.05) is 19.8 Å². The number of rotatable bonds is 3. The van der Waals surface area contributed by atoms with Crippen LogP contribution in [-0.4, -0.2) is 26.8 Å². The van der Waals surface area contributed by atoms with Crippen molar-refractivity contribution in [3.63, 3.8) is 0 Å². The highest BCUT2D eigenvalue weighted by atomic mass is 79.9. The zero-order chi connectivity index (χ0) is 13.8. The average Bonchev–Trinajstić information content (AvgIpc) is 2.71. The molecule has 19 heavy (non-hydrogen) atoms. The van der Waals surface area contributed by atoms with E-state index in [1.165, 1.54) is 0 Å². The number of benzene rings is 1. The maximum Gasteiger partial charge on any atom is 0.173 e. The topological polar surface area (TPSA) is 33.1 Å². The van der Waals surface area contributed by atoms with Crippen LogP contribution in [0.1, 0.15) is 5.69 Å². The molecule has 2 aromatic rings. The number of thiocarbonyl (C=S) groups is 1. The number of halogens is 1. The molecule has 0 atom stereocenters. The minimum atomic E-state index is 0.680. The third-order valence-corrected chi connectivity index (χ3v) is 3.85. The van der Waals surface area contributed by atoms with Crippen LogP contribution in [0.3, 0.4) is 0 Å². The maximum atomic E-state index is 5.39. The summed E-state index contributed by atoms with van der Waals surface area (Å²) in [5.41, 5.74) is 2.07. The third kappa shape index (κ3) is 3.54. The molecule has 1 N–H and O–H groups in total. The van der Waals surface area contributed by atoms with E-state index >= 15 is 0 Å². The van der Waals surface area contributed by atoms with E-state index in [-0.39, 0.29) is 0 Å². The summed E-state index contributed by atoms with van der Waals surface area (Å²) in [4.78, 5) is 1.98. The molecule has 0 bridgehead atoms. The number of para-hydroxylation sites is 1. The molecule has 0 unspecified atom stereocenters. The zero-order valence-corrected chi connectivity index (χ0v) is 13.2. The van der Waals surface area contributed by atoms with Crippen LogP contribution < -0.4 is 5.32 Å². The van der Waals surface area contributed by atoms with E-state index in [2.05, 4.69) is 26.3 Å². The third-order valence-electron chi connectivity index (χ3n) is 2.77. The van der Waals surface area contributed by atoms with Gasteiger partial charge in [-0.05, 0) is 40.3 Å². The van der Waals surface area contributed by atoms with Crippen molar-refractivity contribution in [2.75, 3.05) is 12.4 Å². The number of aromatic nitrogens is 2. The fourth-order valence-corrected chi connectivity index (χ4v) is 2.31. The van der Waals surface area contributed by atoms with Gasteiger partial charge in [-0.25, -0.2) is 0 Å². The lowest BCUT2D eigenvalue weighted by Crippen LogP contribution is -2.31. The van der Waals surface area contributed by atoms with Crippen LogP contribution >= 0.6 is 28.1 Å². The van der Waals surface area contributed by atoms with E-state index in [1.54, 1.807) is 6.20 Å². The van der Waals surface area contributed by atoms with Gasteiger partial charge in [0.15, 0.2) is 5.11 Å². The molecule has 0 saturated carbocycles. The highest BCUT2D eigenvalue weighted by Crippen LogP contribution is 2.17. The van der Waals surface area contributed by atoms with E-state index in [4.69, 9.17) is 12.2 Å². The van der Waals surface area contributed by atoms with Gasteiger partial charge in [0.1, 0.15) is 0 Å². The Kier molecular flexibility index (Phi) is 4.55. The summed E-state index contributed by atoms with van der Waals surface area (Å²) in [6, 6.07) is 9.90. The number of nitrogens with zero attached hydrogens (tertiary/aromatic N) is 3. The summed E-state index contributed by atoms with van der Waals surface area (Å²) in [5.74, 6) is 0. The molecule has 1 heterocycles. The van der Waals surface area contributed by atoms with Crippen LogP contribution in [0.4, 0.5) is 5.69 Å². The van der Waals surface area contributed by atoms with Gasteiger partial charge in [-0.1, -0.05) is 18.2 Å². The van der Waals surface area contributed by atoms with Crippen molar-refractivity contribution in [3.05, 3.63) is 46.7 Å². The Morgan fingerprint density at radius 1 is 1.42 bits per heavy atom. The standard InChI is InChI=1S/C13H15BrN4S/c1-17(9-12-11(14)8-15-18(12)2)13(19)16-10-6-4-3-5-7-10/h3-8H,9H2,1-2H3,(H,16,19). The molecule has 0 fully saturated rings. The molecule has 0 spiro atoms. The fraction of sp³-hybridized carbons (Fsp3) is 0.231. The quantitative estimate of drug-likeness (QED) is 0.872. The summed E-state index contributed by atoms with van der Waals surface area (Å²) < 4.78 is 2.83. The number of aryl methyl sites for hydroxylation is 1. The van der Waals surface area contributed by atoms with Gasteiger partial charge in [0.05, 0.1) is 22.9 Å². The Bertz CT molecular complexity index is 548. The zero-order valence-electron chi connectivity index (χ0n) is 10.8. The van der Waals surface area contributed by atoms with Crippen molar-refractivity contribution in [2.45, 2.75) is 6.54 Å². The first-order valence-electron chi connectivity index (χ1n) is 5.81. The van der Waals surface area contributed by atoms with Crippen molar-refractivity contribution in [2.24, 2.45) is 7.05 Å². The second-order valence-corrected chi connectivity index (χ2v) is 5.46. The number of nitrogens with one attached hydrogen (secondary N) is 1. The Hall–Kier alpha value is -1.40. The molecule has 0 amide bonds. The molecular formula is C13H15BrN4S. The largest absolute Gasteiger partial charge is 0.346 e. The van der Waals surface area contributed by atoms with Crippen LogP contribution in [0.5, 0.6) is 0 Å². The van der Waals surface area contributed by atoms with Crippen LogP contribution in [0.15, 0.2) is 41.0 Å². The van der Waals surface area contributed by atoms with E-state index in [0.717, 1.165) is 15.9 Å². The second-order valence-electron chi connectivity index (χ2n) is 4.22. The van der Waals surface area contributed by atoms with Crippen molar-refractivity contribution in [1.29, 1.82) is 0 Å². The van der Waals surface area contributed by atoms with Crippen LogP contribution in [-0.2, 0) is 13.6 Å². The summed E-state index contributed by atoms with van der Waals surface area (Å²) in [5, 5.41) is 8.08. The molecule has 2 rings (SSSR count). The minimum Gasteiger partial charge on any atom is -0.346 e. The van der Waals surface area contributed by atoms with Gasteiger partial charge in [0.2, 0.25) is 0 Å². The number of anilines is 1. The first-order valence-corrected chi connectivity index (χ1v) is 7.01. The van der Waals surface area contributed by atoms with Gasteiger partial charge >= 0.3 is 0 Å². The Morgan fingerprint density at radius 3 is 2.68 bits per heavy atom. The lowest BCUT2D eigenvalue weighted by Gasteiger charge is -2.21. The number of hydrogen-bond donors (Lipinski definition) is 1. The van der Waals surface area contributed by atoms with Crippen molar-refractivity contribution < 1.29 is 0 Å². The van der Waals surface area contributed by atoms with Crippen molar-refractivity contribution in [3.8, 4) is 0 Å². The van der Waals surface area contributed by atoms with E-state index in [0.29, 0.717) is 11.7 Å². The molecule has 6 heteroatoms. The van der Waals surface area contributed by atoms with Crippen LogP contribution in [0, 0.1) is 0 Å². The van der Waals surface area contributed by atoms with Gasteiger partial charge in [-0.2, -0.15) is 5.10 Å². The Morgan fingerprint density at radius 2 is 2.11 bits per heavy atom. The minimum absolute atomic E-state index is 0.680. The molecule has 0 aliphatic rings. The van der Waals surface area contributed by atoms with Gasteiger partial charge < -0.3 is 10.2 Å². The van der Waals surface area contributed by atoms with Gasteiger partial charge in [0.25, 0.3) is 0 Å². The summed E-state index contributed by atoms with van der Waals surface area (Å²) >= 11 is 8.88. The lowest BCUT2D eigenvalue weighted by molar-refractivity contribution is 0.481. The predicted molar refractivity (Wildman–Crippen MR) is 85.0 cm³/mol. The molecular weight excluding hydrogens is 324 g/mol. The first kappa shape index (κ1) is 14.0. The molecule has 0 radical (unpaired) electrons. The number of hydrogen-bond acceptors (Lipinski definition) is 2. The molecule has 0 saturated heterocycles. The monoisotopic (exact) mass is 338 g/mol. The lowest BCUT2D eigenvalue weighted by atomic mass is 10.3. The highest BCUT2D eigenvalue weighted by molar-refractivity contribution is 9.10.